The van der Waals surface area contributed by atoms with Gasteiger partial charge in [-0.2, -0.15) is 4.98 Å². The van der Waals surface area contributed by atoms with Gasteiger partial charge in [-0.05, 0) is 31.6 Å². The Morgan fingerprint density at radius 2 is 1.97 bits per heavy atom. The first-order valence-electron chi connectivity index (χ1n) is 12.3. The number of carbonyl (C=O) groups is 1. The number of carbonyl (C=O) groups excluding carboxylic acids is 1. The molecule has 2 aliphatic rings. The van der Waals surface area contributed by atoms with Gasteiger partial charge in [0.1, 0.15) is 11.5 Å². The maximum Gasteiger partial charge on any atom is 0.270 e. The second-order valence-electron chi connectivity index (χ2n) is 9.78. The summed E-state index contributed by atoms with van der Waals surface area (Å²) in [5.74, 6) is 0.824. The molecular weight excluding hydrogens is 444 g/mol. The van der Waals surface area contributed by atoms with Gasteiger partial charge in [0.25, 0.3) is 5.91 Å². The Morgan fingerprint density at radius 1 is 1.20 bits per heavy atom. The van der Waals surface area contributed by atoms with Crippen molar-refractivity contribution in [2.24, 2.45) is 0 Å². The zero-order chi connectivity index (χ0) is 24.8. The van der Waals surface area contributed by atoms with E-state index in [2.05, 4.69) is 60.0 Å². The van der Waals surface area contributed by atoms with Gasteiger partial charge >= 0.3 is 0 Å². The van der Waals surface area contributed by atoms with Gasteiger partial charge in [-0.1, -0.05) is 24.3 Å². The van der Waals surface area contributed by atoms with E-state index in [0.717, 1.165) is 45.7 Å². The van der Waals surface area contributed by atoms with Crippen LogP contribution in [0.15, 0.2) is 30.3 Å². The molecule has 1 atom stereocenters. The van der Waals surface area contributed by atoms with Gasteiger partial charge in [0.2, 0.25) is 5.95 Å². The lowest BCUT2D eigenvalue weighted by Crippen LogP contribution is -2.51. The second kappa shape index (κ2) is 11.8. The quantitative estimate of drug-likeness (QED) is 0.352. The molecule has 4 rings (SSSR count). The zero-order valence-corrected chi connectivity index (χ0v) is 21.0. The number of hydrogen-bond donors (Lipinski definition) is 4. The second-order valence-corrected chi connectivity index (χ2v) is 9.78. The van der Waals surface area contributed by atoms with Gasteiger partial charge in [0, 0.05) is 65.5 Å². The smallest absolute Gasteiger partial charge is 0.270 e. The van der Waals surface area contributed by atoms with Crippen molar-refractivity contribution >= 4 is 17.7 Å². The summed E-state index contributed by atoms with van der Waals surface area (Å²) in [5, 5.41) is 20.1. The number of rotatable bonds is 11. The number of amides is 1. The van der Waals surface area contributed by atoms with Gasteiger partial charge < -0.3 is 30.9 Å². The molecule has 3 heterocycles. The molecule has 1 aromatic heterocycles. The van der Waals surface area contributed by atoms with Crippen LogP contribution in [0.1, 0.15) is 21.6 Å². The molecule has 1 aromatic carbocycles. The van der Waals surface area contributed by atoms with Crippen LogP contribution >= 0.6 is 0 Å². The first-order chi connectivity index (χ1) is 16.9. The van der Waals surface area contributed by atoms with Gasteiger partial charge in [-0.3, -0.25) is 9.69 Å². The highest BCUT2D eigenvalue weighted by Gasteiger charge is 2.22. The number of fused-ring (bicyclic) bond motifs is 1. The van der Waals surface area contributed by atoms with Crippen LogP contribution in [0.2, 0.25) is 0 Å². The number of hydrogen-bond acceptors (Lipinski definition) is 9. The molecule has 0 radical (unpaired) electrons. The molecule has 1 saturated heterocycles. The Morgan fingerprint density at radius 3 is 2.69 bits per heavy atom. The van der Waals surface area contributed by atoms with Gasteiger partial charge in [-0.25, -0.2) is 4.98 Å². The summed E-state index contributed by atoms with van der Waals surface area (Å²) in [5.41, 5.74) is 2.98. The van der Waals surface area contributed by atoms with Crippen molar-refractivity contribution in [1.82, 2.24) is 30.4 Å². The third kappa shape index (κ3) is 7.11. The average molecular weight is 483 g/mol. The maximum absolute atomic E-state index is 13.0. The van der Waals surface area contributed by atoms with Crippen molar-refractivity contribution in [3.05, 3.63) is 47.2 Å². The summed E-state index contributed by atoms with van der Waals surface area (Å²) in [4.78, 5) is 28.4. The first-order valence-corrected chi connectivity index (χ1v) is 12.3. The molecule has 1 fully saturated rings. The number of aromatic nitrogens is 2. The molecule has 0 aliphatic carbocycles. The number of anilines is 2. The highest BCUT2D eigenvalue weighted by molar-refractivity contribution is 5.93. The Bertz CT molecular complexity index is 997. The number of benzene rings is 1. The molecule has 0 saturated carbocycles. The SMILES string of the molecule is CN(C)CCN(C)c1nc(NC2CNC2)cc(C(=O)NCC(O)CN2CCc3ccccc3C2)n1. The van der Waals surface area contributed by atoms with E-state index in [1.54, 1.807) is 6.07 Å². The molecule has 4 N–H and O–H groups in total. The minimum absolute atomic E-state index is 0.169. The molecule has 10 nitrogen and oxygen atoms in total. The summed E-state index contributed by atoms with van der Waals surface area (Å²) >= 11 is 0. The summed E-state index contributed by atoms with van der Waals surface area (Å²) in [6.07, 6.45) is 0.319. The fourth-order valence-electron chi connectivity index (χ4n) is 4.22. The topological polar surface area (TPSA) is 109 Å². The molecule has 1 unspecified atom stereocenters. The predicted molar refractivity (Wildman–Crippen MR) is 138 cm³/mol. The number of aliphatic hydroxyl groups is 1. The fourth-order valence-corrected chi connectivity index (χ4v) is 4.22. The van der Waals surface area contributed by atoms with Crippen molar-refractivity contribution in [2.45, 2.75) is 25.1 Å². The van der Waals surface area contributed by atoms with Crippen LogP contribution in [0.4, 0.5) is 11.8 Å². The van der Waals surface area contributed by atoms with E-state index in [4.69, 9.17) is 0 Å². The van der Waals surface area contributed by atoms with Crippen LogP contribution in [-0.2, 0) is 13.0 Å². The third-order valence-corrected chi connectivity index (χ3v) is 6.48. The van der Waals surface area contributed by atoms with Gasteiger partial charge in [0.05, 0.1) is 12.1 Å². The Balaban J connectivity index is 1.35. The van der Waals surface area contributed by atoms with E-state index in [9.17, 15) is 9.90 Å². The Hall–Kier alpha value is -2.79. The van der Waals surface area contributed by atoms with E-state index in [-0.39, 0.29) is 18.5 Å². The Kier molecular flexibility index (Phi) is 8.50. The maximum atomic E-state index is 13.0. The van der Waals surface area contributed by atoms with Crippen molar-refractivity contribution in [3.8, 4) is 0 Å². The van der Waals surface area contributed by atoms with E-state index >= 15 is 0 Å². The van der Waals surface area contributed by atoms with Gasteiger partial charge in [-0.15, -0.1) is 0 Å². The molecular formula is C25H38N8O2. The molecule has 0 bridgehead atoms. The average Bonchev–Trinajstić information content (AvgIpc) is 2.83. The summed E-state index contributed by atoms with van der Waals surface area (Å²) in [6.45, 7) is 5.72. The van der Waals surface area contributed by atoms with Crippen LogP contribution in [0.3, 0.4) is 0 Å². The highest BCUT2D eigenvalue weighted by Crippen LogP contribution is 2.19. The lowest BCUT2D eigenvalue weighted by atomic mass is 10.00. The minimum Gasteiger partial charge on any atom is -0.390 e. The lowest BCUT2D eigenvalue weighted by molar-refractivity contribution is 0.0838. The number of nitrogens with zero attached hydrogens (tertiary/aromatic N) is 5. The van der Waals surface area contributed by atoms with Crippen LogP contribution in [0.5, 0.6) is 0 Å². The molecule has 2 aliphatic heterocycles. The predicted octanol–water partition coefficient (Wildman–Crippen LogP) is 0.00710. The summed E-state index contributed by atoms with van der Waals surface area (Å²) in [7, 11) is 5.96. The molecule has 35 heavy (non-hydrogen) atoms. The van der Waals surface area contributed by atoms with Crippen LogP contribution in [0, 0.1) is 0 Å². The third-order valence-electron chi connectivity index (χ3n) is 6.48. The van der Waals surface area contributed by atoms with Crippen LogP contribution in [0.25, 0.3) is 0 Å². The molecule has 1 amide bonds. The van der Waals surface area contributed by atoms with Crippen molar-refractivity contribution in [3.63, 3.8) is 0 Å². The molecule has 2 aromatic rings. The van der Waals surface area contributed by atoms with Crippen LogP contribution in [-0.4, -0.2) is 110 Å². The molecule has 10 heteroatoms. The first kappa shape index (κ1) is 25.3. The summed E-state index contributed by atoms with van der Waals surface area (Å²) in [6, 6.07) is 10.4. The molecule has 0 spiro atoms. The van der Waals surface area contributed by atoms with E-state index in [1.165, 1.54) is 11.1 Å². The fraction of sp³-hybridized carbons (Fsp3) is 0.560. The monoisotopic (exact) mass is 482 g/mol. The Labute approximate surface area is 207 Å². The summed E-state index contributed by atoms with van der Waals surface area (Å²) < 4.78 is 0. The number of aliphatic hydroxyl groups excluding tert-OH is 1. The number of likely N-dealkylation sites (N-methyl/N-ethyl adjacent to an activating group) is 2. The normalized spacial score (nSPS) is 16.9. The number of β-amino-alcohol motifs (C(OH)–C–C–N with tert-alkyl or cyclic N) is 1. The standard InChI is InChI=1S/C25H38N8O2/c1-31(2)10-11-32(3)25-29-22(12-23(30-25)28-20-13-26-14-20)24(35)27-15-21(34)17-33-9-8-18-6-4-5-7-19(18)16-33/h4-7,12,20-21,26,34H,8-11,13-17H2,1-3H3,(H,27,35)(H,28,29,30). The van der Waals surface area contributed by atoms with Gasteiger partial charge in [0.15, 0.2) is 0 Å². The van der Waals surface area contributed by atoms with E-state index < -0.39 is 6.10 Å². The van der Waals surface area contributed by atoms with E-state index in [0.29, 0.717) is 24.0 Å². The van der Waals surface area contributed by atoms with Crippen molar-refractivity contribution < 1.29 is 9.90 Å². The van der Waals surface area contributed by atoms with E-state index in [1.807, 2.05) is 26.0 Å². The van der Waals surface area contributed by atoms with Crippen LogP contribution < -0.4 is 20.9 Å². The van der Waals surface area contributed by atoms with Crippen molar-refractivity contribution in [2.75, 3.05) is 77.2 Å². The van der Waals surface area contributed by atoms with Crippen molar-refractivity contribution in [1.29, 1.82) is 0 Å². The zero-order valence-electron chi connectivity index (χ0n) is 21.0. The minimum atomic E-state index is -0.660. The largest absolute Gasteiger partial charge is 0.390 e. The lowest BCUT2D eigenvalue weighted by Gasteiger charge is -2.30. The molecule has 190 valence electrons. The number of nitrogens with one attached hydrogen (secondary N) is 3. The highest BCUT2D eigenvalue weighted by atomic mass is 16.3.